The van der Waals surface area contributed by atoms with Crippen LogP contribution in [0.3, 0.4) is 0 Å². The molecule has 0 radical (unpaired) electrons. The van der Waals surface area contributed by atoms with Crippen LogP contribution in [-0.4, -0.2) is 30.1 Å². The minimum Gasteiger partial charge on any atom is -0.342 e. The van der Waals surface area contributed by atoms with Crippen LogP contribution in [0.25, 0.3) is 0 Å². The fraction of sp³-hybridized carbons (Fsp3) is 0.500. The van der Waals surface area contributed by atoms with E-state index >= 15 is 0 Å². The third-order valence-electron chi connectivity index (χ3n) is 3.51. The van der Waals surface area contributed by atoms with Gasteiger partial charge >= 0.3 is 6.18 Å². The molecule has 0 N–H and O–H groups in total. The second kappa shape index (κ2) is 6.04. The molecule has 0 saturated carbocycles. The lowest BCUT2D eigenvalue weighted by Crippen LogP contribution is -2.29. The highest BCUT2D eigenvalue weighted by Gasteiger charge is 2.32. The van der Waals surface area contributed by atoms with Crippen molar-refractivity contribution in [2.75, 3.05) is 13.1 Å². The maximum absolute atomic E-state index is 12.1. The summed E-state index contributed by atoms with van der Waals surface area (Å²) in [5.74, 6) is -0.324. The molecule has 110 valence electrons. The maximum atomic E-state index is 12.1. The third kappa shape index (κ3) is 3.88. The Balaban J connectivity index is 1.92. The van der Waals surface area contributed by atoms with Gasteiger partial charge in [0.15, 0.2) is 0 Å². The van der Waals surface area contributed by atoms with Gasteiger partial charge in [-0.05, 0) is 18.1 Å². The lowest BCUT2D eigenvalue weighted by atomic mass is 9.98. The number of halogens is 4. The number of carbonyl (C=O) groups excluding carboxylic acids is 1. The minimum atomic E-state index is -4.28. The predicted octanol–water partition coefficient (Wildman–Crippen LogP) is 4.00. The highest BCUT2D eigenvalue weighted by molar-refractivity contribution is 6.31. The first kappa shape index (κ1) is 15.2. The Hall–Kier alpha value is -1.23. The van der Waals surface area contributed by atoms with E-state index in [4.69, 9.17) is 11.6 Å². The number of nitrogens with zero attached hydrogens (tertiary/aromatic N) is 1. The molecule has 0 aliphatic carbocycles. The Morgan fingerprint density at radius 1 is 1.35 bits per heavy atom. The number of amides is 1. The highest BCUT2D eigenvalue weighted by Crippen LogP contribution is 2.32. The number of likely N-dealkylation sites (tertiary alicyclic amines) is 1. The van der Waals surface area contributed by atoms with Gasteiger partial charge in [0.2, 0.25) is 5.91 Å². The minimum absolute atomic E-state index is 0.110. The van der Waals surface area contributed by atoms with Crippen molar-refractivity contribution in [1.29, 1.82) is 0 Å². The van der Waals surface area contributed by atoms with Crippen LogP contribution in [0, 0.1) is 0 Å². The quantitative estimate of drug-likeness (QED) is 0.826. The first-order valence-corrected chi connectivity index (χ1v) is 6.83. The lowest BCUT2D eigenvalue weighted by Gasteiger charge is -2.17. The topological polar surface area (TPSA) is 20.3 Å². The lowest BCUT2D eigenvalue weighted by molar-refractivity contribution is -0.148. The Morgan fingerprint density at radius 3 is 2.70 bits per heavy atom. The number of carbonyl (C=O) groups is 1. The average Bonchev–Trinajstić information content (AvgIpc) is 2.85. The van der Waals surface area contributed by atoms with E-state index in [1.165, 1.54) is 4.90 Å². The zero-order valence-corrected chi connectivity index (χ0v) is 11.5. The van der Waals surface area contributed by atoms with Crippen LogP contribution in [0.2, 0.25) is 5.02 Å². The molecular weight excluding hydrogens is 291 g/mol. The van der Waals surface area contributed by atoms with Crippen molar-refractivity contribution in [3.05, 3.63) is 34.9 Å². The predicted molar refractivity (Wildman–Crippen MR) is 70.7 cm³/mol. The van der Waals surface area contributed by atoms with Crippen LogP contribution in [0.4, 0.5) is 13.2 Å². The van der Waals surface area contributed by atoms with E-state index in [2.05, 4.69) is 0 Å². The summed E-state index contributed by atoms with van der Waals surface area (Å²) in [6, 6.07) is 7.38. The molecule has 1 aliphatic rings. The van der Waals surface area contributed by atoms with Gasteiger partial charge in [-0.2, -0.15) is 13.2 Å². The second-order valence-corrected chi connectivity index (χ2v) is 5.37. The van der Waals surface area contributed by atoms with E-state index in [9.17, 15) is 18.0 Å². The smallest absolute Gasteiger partial charge is 0.342 e. The number of hydrogen-bond donors (Lipinski definition) is 0. The first-order chi connectivity index (χ1) is 9.37. The molecule has 6 heteroatoms. The molecule has 0 aromatic heterocycles. The molecule has 1 amide bonds. The van der Waals surface area contributed by atoms with Crippen molar-refractivity contribution in [3.8, 4) is 0 Å². The van der Waals surface area contributed by atoms with Crippen molar-refractivity contribution in [2.45, 2.75) is 31.4 Å². The van der Waals surface area contributed by atoms with Gasteiger partial charge in [0.05, 0.1) is 6.42 Å². The molecule has 2 rings (SSSR count). The van der Waals surface area contributed by atoms with Gasteiger partial charge in [-0.3, -0.25) is 4.79 Å². The van der Waals surface area contributed by atoms with Gasteiger partial charge in [0.25, 0.3) is 0 Å². The van der Waals surface area contributed by atoms with Gasteiger partial charge < -0.3 is 4.90 Å². The number of alkyl halides is 3. The van der Waals surface area contributed by atoms with Crippen LogP contribution >= 0.6 is 11.6 Å². The second-order valence-electron chi connectivity index (χ2n) is 4.96. The van der Waals surface area contributed by atoms with Gasteiger partial charge in [0.1, 0.15) is 0 Å². The first-order valence-electron chi connectivity index (χ1n) is 6.46. The molecular formula is C14H15ClF3NO. The van der Waals surface area contributed by atoms with E-state index in [-0.39, 0.29) is 5.92 Å². The van der Waals surface area contributed by atoms with E-state index in [1.54, 1.807) is 6.07 Å². The van der Waals surface area contributed by atoms with E-state index in [1.807, 2.05) is 18.2 Å². The van der Waals surface area contributed by atoms with E-state index < -0.39 is 24.9 Å². The van der Waals surface area contributed by atoms with Gasteiger partial charge in [-0.1, -0.05) is 29.8 Å². The summed E-state index contributed by atoms with van der Waals surface area (Å²) in [5.41, 5.74) is 0.959. The van der Waals surface area contributed by atoms with Crippen LogP contribution < -0.4 is 0 Å². The largest absolute Gasteiger partial charge is 0.389 e. The van der Waals surface area contributed by atoms with Gasteiger partial charge in [0, 0.05) is 30.5 Å². The fourth-order valence-electron chi connectivity index (χ4n) is 2.45. The van der Waals surface area contributed by atoms with Crippen molar-refractivity contribution in [2.24, 2.45) is 0 Å². The Labute approximate surface area is 120 Å². The van der Waals surface area contributed by atoms with Crippen LogP contribution in [0.15, 0.2) is 24.3 Å². The summed E-state index contributed by atoms with van der Waals surface area (Å²) < 4.78 is 36.3. The number of benzene rings is 1. The Bertz CT molecular complexity index is 490. The summed E-state index contributed by atoms with van der Waals surface area (Å²) in [5, 5.41) is 0.641. The van der Waals surface area contributed by atoms with Crippen LogP contribution in [-0.2, 0) is 4.79 Å². The summed E-state index contributed by atoms with van der Waals surface area (Å²) in [4.78, 5) is 13.2. The standard InChI is InChI=1S/C14H15ClF3NO/c15-12-4-2-1-3-11(12)10-6-8-19(9-10)13(20)5-7-14(16,17)18/h1-4,10H,5-9H2/t10-/m0/s1. The molecule has 20 heavy (non-hydrogen) atoms. The van der Waals surface area contributed by atoms with Crippen molar-refractivity contribution >= 4 is 17.5 Å². The summed E-state index contributed by atoms with van der Waals surface area (Å²) in [6.07, 6.45) is -5.07. The molecule has 0 spiro atoms. The monoisotopic (exact) mass is 305 g/mol. The molecule has 1 atom stereocenters. The van der Waals surface area contributed by atoms with Crippen LogP contribution in [0.5, 0.6) is 0 Å². The average molecular weight is 306 g/mol. The van der Waals surface area contributed by atoms with Crippen molar-refractivity contribution in [1.82, 2.24) is 4.90 Å². The summed E-state index contributed by atoms with van der Waals surface area (Å²) >= 11 is 6.10. The highest BCUT2D eigenvalue weighted by atomic mass is 35.5. The fourth-order valence-corrected chi connectivity index (χ4v) is 2.74. The molecule has 1 saturated heterocycles. The SMILES string of the molecule is O=C(CCC(F)(F)F)N1CC[C@H](c2ccccc2Cl)C1. The summed E-state index contributed by atoms with van der Waals surface area (Å²) in [6.45, 7) is 0.938. The van der Waals surface area contributed by atoms with Crippen molar-refractivity contribution < 1.29 is 18.0 Å². The Kier molecular flexibility index (Phi) is 4.58. The van der Waals surface area contributed by atoms with Gasteiger partial charge in [-0.25, -0.2) is 0 Å². The summed E-state index contributed by atoms with van der Waals surface area (Å²) in [7, 11) is 0. The normalized spacial score (nSPS) is 19.4. The van der Waals surface area contributed by atoms with Crippen molar-refractivity contribution in [3.63, 3.8) is 0 Å². The van der Waals surface area contributed by atoms with Crippen LogP contribution in [0.1, 0.15) is 30.7 Å². The third-order valence-corrected chi connectivity index (χ3v) is 3.85. The van der Waals surface area contributed by atoms with E-state index in [0.717, 1.165) is 12.0 Å². The Morgan fingerprint density at radius 2 is 2.05 bits per heavy atom. The molecule has 0 unspecified atom stereocenters. The number of rotatable bonds is 3. The molecule has 1 aliphatic heterocycles. The molecule has 1 aromatic carbocycles. The number of hydrogen-bond acceptors (Lipinski definition) is 1. The molecule has 2 nitrogen and oxygen atoms in total. The molecule has 1 heterocycles. The van der Waals surface area contributed by atoms with Gasteiger partial charge in [-0.15, -0.1) is 0 Å². The molecule has 0 bridgehead atoms. The van der Waals surface area contributed by atoms with E-state index in [0.29, 0.717) is 18.1 Å². The zero-order valence-electron chi connectivity index (χ0n) is 10.8. The maximum Gasteiger partial charge on any atom is 0.389 e. The zero-order chi connectivity index (χ0) is 14.8. The molecule has 1 aromatic rings. The molecule has 1 fully saturated rings.